The second-order valence-corrected chi connectivity index (χ2v) is 3.66. The van der Waals surface area contributed by atoms with Crippen LogP contribution < -0.4 is 10.6 Å². The van der Waals surface area contributed by atoms with E-state index in [1.165, 1.54) is 6.92 Å². The second-order valence-electron chi connectivity index (χ2n) is 3.66. The minimum Gasteiger partial charge on any atom is -0.481 e. The molecule has 3 N–H and O–H groups in total. The minimum absolute atomic E-state index is 0.327. The Morgan fingerprint density at radius 3 is 2.31 bits per heavy atom. The fourth-order valence-electron chi connectivity index (χ4n) is 1.01. The first-order valence-electron chi connectivity index (χ1n) is 5.18. The van der Waals surface area contributed by atoms with Gasteiger partial charge < -0.3 is 15.7 Å². The van der Waals surface area contributed by atoms with Crippen molar-refractivity contribution in [1.82, 2.24) is 10.6 Å². The van der Waals surface area contributed by atoms with Crippen LogP contribution in [0.25, 0.3) is 0 Å². The fraction of sp³-hybridized carbons (Fsp3) is 0.636. The molecule has 0 saturated carbocycles. The molecule has 5 heteroatoms. The largest absolute Gasteiger partial charge is 0.481 e. The van der Waals surface area contributed by atoms with Crippen LogP contribution in [-0.4, -0.2) is 29.2 Å². The van der Waals surface area contributed by atoms with E-state index < -0.39 is 24.0 Å². The van der Waals surface area contributed by atoms with E-state index in [1.807, 2.05) is 6.92 Å². The maximum atomic E-state index is 11.4. The average molecular weight is 226 g/mol. The summed E-state index contributed by atoms with van der Waals surface area (Å²) in [5, 5.41) is 13.8. The van der Waals surface area contributed by atoms with E-state index in [0.717, 1.165) is 0 Å². The van der Waals surface area contributed by atoms with Gasteiger partial charge in [0, 0.05) is 6.04 Å². The summed E-state index contributed by atoms with van der Waals surface area (Å²) in [7, 11) is 0. The van der Waals surface area contributed by atoms with E-state index in [4.69, 9.17) is 11.5 Å². The number of nitrogens with one attached hydrogen (secondary N) is 2. The number of rotatable bonds is 5. The molecular weight excluding hydrogens is 208 g/mol. The van der Waals surface area contributed by atoms with Gasteiger partial charge in [-0.25, -0.2) is 4.79 Å². The molecule has 2 amide bonds. The summed E-state index contributed by atoms with van der Waals surface area (Å²) in [6.45, 7) is 5.02. The zero-order valence-electron chi connectivity index (χ0n) is 9.78. The number of carboxylic acid groups (broad SMARTS) is 1. The molecule has 3 atom stereocenters. The molecule has 90 valence electrons. The number of carbonyl (C=O) groups is 2. The summed E-state index contributed by atoms with van der Waals surface area (Å²) in [5.74, 6) is 0.830. The van der Waals surface area contributed by atoms with Crippen molar-refractivity contribution < 1.29 is 14.7 Å². The SMILES string of the molecule is C#CC(CC)NC(=O)NC(C)C(C)C(=O)O. The van der Waals surface area contributed by atoms with E-state index in [-0.39, 0.29) is 6.04 Å². The first kappa shape index (κ1) is 14.3. The highest BCUT2D eigenvalue weighted by molar-refractivity contribution is 5.77. The number of terminal acetylenes is 1. The maximum absolute atomic E-state index is 11.4. The summed E-state index contributed by atoms with van der Waals surface area (Å²) in [5.41, 5.74) is 0. The van der Waals surface area contributed by atoms with Crippen molar-refractivity contribution in [2.24, 2.45) is 5.92 Å². The van der Waals surface area contributed by atoms with Crippen molar-refractivity contribution in [3.05, 3.63) is 0 Å². The van der Waals surface area contributed by atoms with Crippen LogP contribution in [-0.2, 0) is 4.79 Å². The molecular formula is C11H18N2O3. The lowest BCUT2D eigenvalue weighted by Crippen LogP contribution is -2.47. The highest BCUT2D eigenvalue weighted by Crippen LogP contribution is 2.02. The van der Waals surface area contributed by atoms with Gasteiger partial charge in [0.15, 0.2) is 0 Å². The molecule has 0 aromatic rings. The number of carboxylic acids is 1. The van der Waals surface area contributed by atoms with Crippen LogP contribution in [0.2, 0.25) is 0 Å². The summed E-state index contributed by atoms with van der Waals surface area (Å²) in [6, 6.07) is -1.22. The average Bonchev–Trinajstić information content (AvgIpc) is 2.24. The van der Waals surface area contributed by atoms with Crippen LogP contribution >= 0.6 is 0 Å². The van der Waals surface area contributed by atoms with Crippen molar-refractivity contribution in [2.45, 2.75) is 39.3 Å². The Kier molecular flexibility index (Phi) is 6.01. The summed E-state index contributed by atoms with van der Waals surface area (Å²) in [6.07, 6.45) is 5.82. The van der Waals surface area contributed by atoms with Gasteiger partial charge in [0.25, 0.3) is 0 Å². The van der Waals surface area contributed by atoms with Gasteiger partial charge in [0.05, 0.1) is 12.0 Å². The fourth-order valence-corrected chi connectivity index (χ4v) is 1.01. The van der Waals surface area contributed by atoms with Gasteiger partial charge in [0.1, 0.15) is 0 Å². The zero-order valence-corrected chi connectivity index (χ0v) is 9.78. The molecule has 0 rings (SSSR count). The highest BCUT2D eigenvalue weighted by atomic mass is 16.4. The van der Waals surface area contributed by atoms with Gasteiger partial charge in [-0.1, -0.05) is 12.8 Å². The lowest BCUT2D eigenvalue weighted by Gasteiger charge is -2.19. The first-order chi connectivity index (χ1) is 7.42. The summed E-state index contributed by atoms with van der Waals surface area (Å²) < 4.78 is 0. The van der Waals surface area contributed by atoms with Crippen LogP contribution in [0.4, 0.5) is 4.79 Å². The molecule has 0 heterocycles. The van der Waals surface area contributed by atoms with Gasteiger partial charge in [-0.05, 0) is 20.3 Å². The van der Waals surface area contributed by atoms with Crippen LogP contribution in [0.5, 0.6) is 0 Å². The highest BCUT2D eigenvalue weighted by Gasteiger charge is 2.21. The quantitative estimate of drug-likeness (QED) is 0.607. The third-order valence-corrected chi connectivity index (χ3v) is 2.41. The van der Waals surface area contributed by atoms with Crippen molar-refractivity contribution in [3.8, 4) is 12.3 Å². The molecule has 0 saturated heterocycles. The summed E-state index contributed by atoms with van der Waals surface area (Å²) >= 11 is 0. The Balaban J connectivity index is 4.15. The lowest BCUT2D eigenvalue weighted by molar-refractivity contribution is -0.141. The third kappa shape index (κ3) is 4.69. The van der Waals surface area contributed by atoms with Crippen molar-refractivity contribution in [1.29, 1.82) is 0 Å². The van der Waals surface area contributed by atoms with Gasteiger partial charge in [-0.15, -0.1) is 6.42 Å². The Morgan fingerprint density at radius 2 is 1.94 bits per heavy atom. The van der Waals surface area contributed by atoms with Gasteiger partial charge in [-0.2, -0.15) is 0 Å². The second kappa shape index (κ2) is 6.72. The predicted molar refractivity (Wildman–Crippen MR) is 60.8 cm³/mol. The van der Waals surface area contributed by atoms with Gasteiger partial charge in [-0.3, -0.25) is 4.79 Å². The topological polar surface area (TPSA) is 78.4 Å². The molecule has 3 unspecified atom stereocenters. The normalized spacial score (nSPS) is 15.4. The lowest BCUT2D eigenvalue weighted by atomic mass is 10.0. The number of hydrogen-bond donors (Lipinski definition) is 3. The van der Waals surface area contributed by atoms with Gasteiger partial charge in [0.2, 0.25) is 0 Å². The maximum Gasteiger partial charge on any atom is 0.315 e. The number of urea groups is 1. The number of aliphatic carboxylic acids is 1. The zero-order chi connectivity index (χ0) is 12.7. The molecule has 0 aliphatic heterocycles. The number of hydrogen-bond acceptors (Lipinski definition) is 2. The van der Waals surface area contributed by atoms with E-state index in [0.29, 0.717) is 6.42 Å². The molecule has 0 aliphatic carbocycles. The van der Waals surface area contributed by atoms with Crippen LogP contribution in [0.1, 0.15) is 27.2 Å². The molecule has 0 aliphatic rings. The molecule has 0 bridgehead atoms. The van der Waals surface area contributed by atoms with Crippen molar-refractivity contribution in [3.63, 3.8) is 0 Å². The van der Waals surface area contributed by atoms with Crippen molar-refractivity contribution in [2.75, 3.05) is 0 Å². The molecule has 16 heavy (non-hydrogen) atoms. The number of amides is 2. The smallest absolute Gasteiger partial charge is 0.315 e. The van der Waals surface area contributed by atoms with E-state index in [1.54, 1.807) is 6.92 Å². The van der Waals surface area contributed by atoms with E-state index in [9.17, 15) is 9.59 Å². The van der Waals surface area contributed by atoms with Crippen LogP contribution in [0.3, 0.4) is 0 Å². The predicted octanol–water partition coefficient (Wildman–Crippen LogP) is 0.807. The molecule has 0 aromatic carbocycles. The molecule has 5 nitrogen and oxygen atoms in total. The molecule has 0 radical (unpaired) electrons. The minimum atomic E-state index is -0.947. The van der Waals surface area contributed by atoms with Gasteiger partial charge >= 0.3 is 12.0 Å². The van der Waals surface area contributed by atoms with Crippen molar-refractivity contribution >= 4 is 12.0 Å². The van der Waals surface area contributed by atoms with E-state index >= 15 is 0 Å². The standard InChI is InChI=1S/C11H18N2O3/c1-5-9(6-2)13-11(16)12-8(4)7(3)10(14)15/h1,7-9H,6H2,2-4H3,(H,14,15)(H2,12,13,16). The Bertz CT molecular complexity index is 296. The monoisotopic (exact) mass is 226 g/mol. The molecule has 0 fully saturated rings. The molecule has 0 aromatic heterocycles. The number of carbonyl (C=O) groups excluding carboxylic acids is 1. The Morgan fingerprint density at radius 1 is 1.38 bits per heavy atom. The Hall–Kier alpha value is -1.70. The van der Waals surface area contributed by atoms with E-state index in [2.05, 4.69) is 16.6 Å². The third-order valence-electron chi connectivity index (χ3n) is 2.41. The van der Waals surface area contributed by atoms with Crippen LogP contribution in [0, 0.1) is 18.3 Å². The Labute approximate surface area is 95.6 Å². The summed E-state index contributed by atoms with van der Waals surface area (Å²) in [4.78, 5) is 22.1. The molecule has 0 spiro atoms. The first-order valence-corrected chi connectivity index (χ1v) is 5.18. The van der Waals surface area contributed by atoms with Crippen LogP contribution in [0.15, 0.2) is 0 Å².